The van der Waals surface area contributed by atoms with E-state index < -0.39 is 6.04 Å². The van der Waals surface area contributed by atoms with Gasteiger partial charge in [0, 0.05) is 6.54 Å². The van der Waals surface area contributed by atoms with Crippen molar-refractivity contribution in [3.05, 3.63) is 0 Å². The Morgan fingerprint density at radius 1 is 1.20 bits per heavy atom. The van der Waals surface area contributed by atoms with Crippen molar-refractivity contribution in [2.45, 2.75) is 67.0 Å². The van der Waals surface area contributed by atoms with Gasteiger partial charge in [-0.3, -0.25) is 9.59 Å². The van der Waals surface area contributed by atoms with Gasteiger partial charge in [0.15, 0.2) is 0 Å². The number of nitrogens with zero attached hydrogens (tertiary/aromatic N) is 1. The van der Waals surface area contributed by atoms with Crippen LogP contribution in [0.3, 0.4) is 0 Å². The molecule has 1 fully saturated rings. The predicted molar refractivity (Wildman–Crippen MR) is 81.2 cm³/mol. The highest BCUT2D eigenvalue weighted by Crippen LogP contribution is 2.28. The zero-order valence-corrected chi connectivity index (χ0v) is 14.0. The van der Waals surface area contributed by atoms with Gasteiger partial charge < -0.3 is 10.2 Å². The van der Waals surface area contributed by atoms with Crippen LogP contribution in [-0.2, 0) is 9.59 Å². The van der Waals surface area contributed by atoms with Crippen LogP contribution in [-0.4, -0.2) is 35.3 Å². The molecule has 0 spiro atoms. The Hall–Kier alpha value is -1.06. The predicted octanol–water partition coefficient (Wildman–Crippen LogP) is 2.43. The minimum absolute atomic E-state index is 0.0113. The molecule has 1 saturated heterocycles. The summed E-state index contributed by atoms with van der Waals surface area (Å²) in [5.74, 6) is 0.592. The van der Waals surface area contributed by atoms with Gasteiger partial charge in [0.05, 0.1) is 0 Å². The molecule has 0 saturated carbocycles. The van der Waals surface area contributed by atoms with Crippen LogP contribution in [0.25, 0.3) is 0 Å². The maximum atomic E-state index is 12.8. The summed E-state index contributed by atoms with van der Waals surface area (Å²) >= 11 is 0. The molecule has 1 aliphatic rings. The van der Waals surface area contributed by atoms with Gasteiger partial charge in [-0.1, -0.05) is 54.9 Å². The summed E-state index contributed by atoms with van der Waals surface area (Å²) in [6.45, 7) is 14.9. The Labute approximate surface area is 123 Å². The molecule has 3 unspecified atom stereocenters. The zero-order chi connectivity index (χ0) is 15.7. The van der Waals surface area contributed by atoms with E-state index in [4.69, 9.17) is 0 Å². The molecule has 0 aromatic heterocycles. The summed E-state index contributed by atoms with van der Waals surface area (Å²) in [6, 6.07) is -0.760. The van der Waals surface area contributed by atoms with Gasteiger partial charge in [-0.05, 0) is 17.3 Å². The number of piperazine rings is 1. The molecule has 0 radical (unpaired) electrons. The Balaban J connectivity index is 3.07. The van der Waals surface area contributed by atoms with E-state index in [1.165, 1.54) is 0 Å². The third kappa shape index (κ3) is 3.53. The molecule has 3 atom stereocenters. The van der Waals surface area contributed by atoms with Crippen molar-refractivity contribution in [1.29, 1.82) is 0 Å². The summed E-state index contributed by atoms with van der Waals surface area (Å²) in [7, 11) is 0. The second-order valence-corrected chi connectivity index (χ2v) is 7.50. The molecule has 0 bridgehead atoms. The van der Waals surface area contributed by atoms with E-state index in [0.29, 0.717) is 12.5 Å². The topological polar surface area (TPSA) is 49.4 Å². The van der Waals surface area contributed by atoms with E-state index in [0.717, 1.165) is 6.42 Å². The van der Waals surface area contributed by atoms with Crippen molar-refractivity contribution in [3.8, 4) is 0 Å². The smallest absolute Gasteiger partial charge is 0.246 e. The van der Waals surface area contributed by atoms with Crippen LogP contribution in [0.5, 0.6) is 0 Å². The molecule has 1 heterocycles. The van der Waals surface area contributed by atoms with Crippen molar-refractivity contribution in [1.82, 2.24) is 10.2 Å². The van der Waals surface area contributed by atoms with E-state index in [1.54, 1.807) is 0 Å². The lowest BCUT2D eigenvalue weighted by Gasteiger charge is -2.45. The highest BCUT2D eigenvalue weighted by Gasteiger charge is 2.46. The normalized spacial score (nSPS) is 25.9. The standard InChI is InChI=1S/C16H30N2O2/c1-8-11(4)9-18-12(10(2)3)14(19)17-13(15(18)20)16(5,6)7/h10-13H,8-9H2,1-7H3,(H,17,19). The van der Waals surface area contributed by atoms with Gasteiger partial charge in [0.1, 0.15) is 12.1 Å². The average Bonchev–Trinajstić information content (AvgIpc) is 2.31. The van der Waals surface area contributed by atoms with Crippen molar-refractivity contribution in [3.63, 3.8) is 0 Å². The quantitative estimate of drug-likeness (QED) is 0.861. The van der Waals surface area contributed by atoms with Crippen LogP contribution in [0, 0.1) is 17.3 Å². The zero-order valence-electron chi connectivity index (χ0n) is 14.0. The molecule has 1 rings (SSSR count). The molecular formula is C16H30N2O2. The van der Waals surface area contributed by atoms with Crippen molar-refractivity contribution < 1.29 is 9.59 Å². The molecule has 4 heteroatoms. The van der Waals surface area contributed by atoms with Gasteiger partial charge in [-0.15, -0.1) is 0 Å². The van der Waals surface area contributed by atoms with Crippen LogP contribution >= 0.6 is 0 Å². The summed E-state index contributed by atoms with van der Waals surface area (Å²) in [5.41, 5.74) is -0.262. The molecule has 20 heavy (non-hydrogen) atoms. The summed E-state index contributed by atoms with van der Waals surface area (Å²) < 4.78 is 0. The van der Waals surface area contributed by atoms with Gasteiger partial charge in [-0.2, -0.15) is 0 Å². The fourth-order valence-electron chi connectivity index (χ4n) is 2.65. The number of nitrogens with one attached hydrogen (secondary N) is 1. The maximum absolute atomic E-state index is 12.8. The summed E-state index contributed by atoms with van der Waals surface area (Å²) in [4.78, 5) is 27.0. The number of amides is 2. The molecule has 0 aromatic rings. The van der Waals surface area contributed by atoms with Crippen molar-refractivity contribution >= 4 is 11.8 Å². The highest BCUT2D eigenvalue weighted by molar-refractivity contribution is 5.97. The highest BCUT2D eigenvalue weighted by atomic mass is 16.2. The SMILES string of the molecule is CCC(C)CN1C(=O)C(C(C)(C)C)NC(=O)C1C(C)C. The van der Waals surface area contributed by atoms with Crippen LogP contribution in [0.2, 0.25) is 0 Å². The Bertz CT molecular complexity index is 371. The first-order chi connectivity index (χ1) is 9.09. The van der Waals surface area contributed by atoms with E-state index >= 15 is 0 Å². The molecule has 4 nitrogen and oxygen atoms in total. The number of carbonyl (C=O) groups excluding carboxylic acids is 2. The van der Waals surface area contributed by atoms with Gasteiger partial charge in [0.2, 0.25) is 11.8 Å². The van der Waals surface area contributed by atoms with Crippen LogP contribution in [0.1, 0.15) is 54.9 Å². The third-order valence-corrected chi connectivity index (χ3v) is 4.12. The fourth-order valence-corrected chi connectivity index (χ4v) is 2.65. The second-order valence-electron chi connectivity index (χ2n) is 7.50. The molecular weight excluding hydrogens is 252 g/mol. The van der Waals surface area contributed by atoms with Gasteiger partial charge >= 0.3 is 0 Å². The van der Waals surface area contributed by atoms with Crippen LogP contribution in [0.15, 0.2) is 0 Å². The average molecular weight is 282 g/mol. The Morgan fingerprint density at radius 3 is 2.15 bits per heavy atom. The fraction of sp³-hybridized carbons (Fsp3) is 0.875. The minimum atomic E-state index is -0.422. The van der Waals surface area contributed by atoms with Crippen LogP contribution in [0.4, 0.5) is 0 Å². The molecule has 2 amide bonds. The third-order valence-electron chi connectivity index (χ3n) is 4.12. The van der Waals surface area contributed by atoms with E-state index in [-0.39, 0.29) is 29.2 Å². The summed E-state index contributed by atoms with van der Waals surface area (Å²) in [6.07, 6.45) is 1.01. The Morgan fingerprint density at radius 2 is 1.75 bits per heavy atom. The number of hydrogen-bond donors (Lipinski definition) is 1. The molecule has 0 aromatic carbocycles. The van der Waals surface area contributed by atoms with Gasteiger partial charge in [-0.25, -0.2) is 0 Å². The van der Waals surface area contributed by atoms with Crippen molar-refractivity contribution in [2.75, 3.05) is 6.54 Å². The number of hydrogen-bond acceptors (Lipinski definition) is 2. The second kappa shape index (κ2) is 6.15. The largest absolute Gasteiger partial charge is 0.342 e. The summed E-state index contributed by atoms with van der Waals surface area (Å²) in [5, 5.41) is 2.93. The Kier molecular flexibility index (Phi) is 5.22. The van der Waals surface area contributed by atoms with Crippen molar-refractivity contribution in [2.24, 2.45) is 17.3 Å². The molecule has 1 N–H and O–H groups in total. The maximum Gasteiger partial charge on any atom is 0.246 e. The number of carbonyl (C=O) groups is 2. The number of rotatable bonds is 4. The molecule has 116 valence electrons. The monoisotopic (exact) mass is 282 g/mol. The van der Waals surface area contributed by atoms with E-state index in [1.807, 2.05) is 39.5 Å². The van der Waals surface area contributed by atoms with Crippen LogP contribution < -0.4 is 5.32 Å². The first-order valence-corrected chi connectivity index (χ1v) is 7.70. The van der Waals surface area contributed by atoms with Gasteiger partial charge in [0.25, 0.3) is 0 Å². The lowest BCUT2D eigenvalue weighted by atomic mass is 9.82. The first kappa shape index (κ1) is 17.0. The lowest BCUT2D eigenvalue weighted by molar-refractivity contribution is -0.155. The minimum Gasteiger partial charge on any atom is -0.342 e. The molecule has 1 aliphatic heterocycles. The first-order valence-electron chi connectivity index (χ1n) is 7.70. The van der Waals surface area contributed by atoms with E-state index in [2.05, 4.69) is 19.2 Å². The molecule has 0 aliphatic carbocycles. The lowest BCUT2D eigenvalue weighted by Crippen LogP contribution is -2.68. The van der Waals surface area contributed by atoms with E-state index in [9.17, 15) is 9.59 Å².